The summed E-state index contributed by atoms with van der Waals surface area (Å²) in [6.07, 6.45) is 2.96. The number of fused-ring (bicyclic) bond motifs is 1. The average molecular weight is 325 g/mol. The number of H-pyrrole nitrogens is 1. The molecule has 6 nitrogen and oxygen atoms in total. The molecule has 1 saturated heterocycles. The van der Waals surface area contributed by atoms with Crippen LogP contribution in [0.1, 0.15) is 29.8 Å². The van der Waals surface area contributed by atoms with Crippen LogP contribution in [-0.2, 0) is 4.79 Å². The molecule has 0 spiro atoms. The maximum Gasteiger partial charge on any atom is 0.326 e. The van der Waals surface area contributed by atoms with Crippen LogP contribution >= 0.6 is 0 Å². The van der Waals surface area contributed by atoms with Gasteiger partial charge in [0.15, 0.2) is 0 Å². The predicted molar refractivity (Wildman–Crippen MR) is 87.3 cm³/mol. The van der Waals surface area contributed by atoms with Crippen LogP contribution in [0.3, 0.4) is 0 Å². The zero-order valence-electron chi connectivity index (χ0n) is 13.2. The van der Waals surface area contributed by atoms with Crippen molar-refractivity contribution < 1.29 is 14.7 Å². The number of rotatable bonds is 3. The van der Waals surface area contributed by atoms with E-state index >= 15 is 0 Å². The highest BCUT2D eigenvalue weighted by Gasteiger charge is 2.49. The quantitative estimate of drug-likeness (QED) is 0.907. The third kappa shape index (κ3) is 2.38. The molecular formula is C18H19N3O3. The van der Waals surface area contributed by atoms with Gasteiger partial charge in [0.25, 0.3) is 5.91 Å². The number of carbonyl (C=O) groups is 2. The monoisotopic (exact) mass is 325 g/mol. The first kappa shape index (κ1) is 14.9. The summed E-state index contributed by atoms with van der Waals surface area (Å²) < 4.78 is 0. The Kier molecular flexibility index (Phi) is 3.59. The van der Waals surface area contributed by atoms with E-state index in [0.717, 1.165) is 24.8 Å². The minimum absolute atomic E-state index is 0.0861. The Bertz CT molecular complexity index is 771. The zero-order chi connectivity index (χ0) is 16.7. The Labute approximate surface area is 139 Å². The molecule has 0 bridgehead atoms. The number of nitrogens with one attached hydrogen (secondary N) is 1. The molecule has 3 unspecified atom stereocenters. The topological polar surface area (TPSA) is 86.3 Å². The second kappa shape index (κ2) is 5.78. The van der Waals surface area contributed by atoms with Crippen LogP contribution in [-0.4, -0.2) is 44.7 Å². The fourth-order valence-electron chi connectivity index (χ4n) is 4.17. The molecule has 1 aromatic carbocycles. The van der Waals surface area contributed by atoms with Crippen molar-refractivity contribution in [3.8, 4) is 11.3 Å². The SMILES string of the molecule is O=C(O)C1C2CCCC2CN1C(=O)c1cc(-c2ccccc2)n[nH]1. The maximum atomic E-state index is 12.8. The smallest absolute Gasteiger partial charge is 0.326 e. The van der Waals surface area contributed by atoms with Gasteiger partial charge in [-0.3, -0.25) is 9.89 Å². The number of benzene rings is 1. The Balaban J connectivity index is 1.60. The van der Waals surface area contributed by atoms with E-state index in [0.29, 0.717) is 23.9 Å². The van der Waals surface area contributed by atoms with Gasteiger partial charge >= 0.3 is 5.97 Å². The van der Waals surface area contributed by atoms with E-state index in [4.69, 9.17) is 0 Å². The van der Waals surface area contributed by atoms with Crippen LogP contribution in [0.25, 0.3) is 11.3 Å². The van der Waals surface area contributed by atoms with Gasteiger partial charge in [-0.25, -0.2) is 4.79 Å². The largest absolute Gasteiger partial charge is 0.480 e. The zero-order valence-corrected chi connectivity index (χ0v) is 13.2. The lowest BCUT2D eigenvalue weighted by molar-refractivity contribution is -0.142. The molecule has 1 amide bonds. The summed E-state index contributed by atoms with van der Waals surface area (Å²) in [7, 11) is 0. The van der Waals surface area contributed by atoms with Crippen molar-refractivity contribution in [3.63, 3.8) is 0 Å². The minimum Gasteiger partial charge on any atom is -0.480 e. The van der Waals surface area contributed by atoms with Gasteiger partial charge in [-0.15, -0.1) is 0 Å². The Hall–Kier alpha value is -2.63. The normalized spacial score (nSPS) is 25.7. The molecule has 4 rings (SSSR count). The van der Waals surface area contributed by atoms with E-state index in [9.17, 15) is 14.7 Å². The molecule has 24 heavy (non-hydrogen) atoms. The second-order valence-electron chi connectivity index (χ2n) is 6.63. The highest BCUT2D eigenvalue weighted by atomic mass is 16.4. The summed E-state index contributed by atoms with van der Waals surface area (Å²) in [5, 5.41) is 16.6. The van der Waals surface area contributed by atoms with Gasteiger partial charge in [0.2, 0.25) is 0 Å². The number of carbonyl (C=O) groups excluding carboxylic acids is 1. The fraction of sp³-hybridized carbons (Fsp3) is 0.389. The molecule has 1 aromatic heterocycles. The molecule has 1 aliphatic heterocycles. The highest BCUT2D eigenvalue weighted by Crippen LogP contribution is 2.42. The van der Waals surface area contributed by atoms with Gasteiger partial charge in [-0.05, 0) is 30.7 Å². The van der Waals surface area contributed by atoms with Crippen LogP contribution in [0.5, 0.6) is 0 Å². The number of carboxylic acids is 1. The van der Waals surface area contributed by atoms with Crippen LogP contribution in [0.2, 0.25) is 0 Å². The number of hydrogen-bond donors (Lipinski definition) is 2. The molecular weight excluding hydrogens is 306 g/mol. The average Bonchev–Trinajstić information content (AvgIpc) is 3.29. The number of aliphatic carboxylic acids is 1. The summed E-state index contributed by atoms with van der Waals surface area (Å²) in [6, 6.07) is 10.6. The van der Waals surface area contributed by atoms with E-state index in [1.807, 2.05) is 30.3 Å². The van der Waals surface area contributed by atoms with Gasteiger partial charge in [0, 0.05) is 12.1 Å². The van der Waals surface area contributed by atoms with Gasteiger partial charge in [-0.2, -0.15) is 5.10 Å². The molecule has 2 fully saturated rings. The number of carboxylic acid groups (broad SMARTS) is 1. The highest BCUT2D eigenvalue weighted by molar-refractivity contribution is 5.96. The number of aromatic amines is 1. The van der Waals surface area contributed by atoms with Gasteiger partial charge in [0.1, 0.15) is 11.7 Å². The van der Waals surface area contributed by atoms with Gasteiger partial charge in [0.05, 0.1) is 5.69 Å². The molecule has 6 heteroatoms. The van der Waals surface area contributed by atoms with Crippen molar-refractivity contribution in [1.29, 1.82) is 0 Å². The van der Waals surface area contributed by atoms with E-state index < -0.39 is 12.0 Å². The van der Waals surface area contributed by atoms with E-state index in [1.165, 1.54) is 4.90 Å². The third-order valence-corrected chi connectivity index (χ3v) is 5.28. The molecule has 2 N–H and O–H groups in total. The van der Waals surface area contributed by atoms with Crippen molar-refractivity contribution in [1.82, 2.24) is 15.1 Å². The summed E-state index contributed by atoms with van der Waals surface area (Å²) in [6.45, 7) is 0.528. The standard InChI is InChI=1S/C18H19N3O3/c22-17(15-9-14(19-20-15)11-5-2-1-3-6-11)21-10-12-7-4-8-13(12)16(21)18(23)24/h1-3,5-6,9,12-13,16H,4,7-8,10H2,(H,19,20)(H,23,24). The molecule has 124 valence electrons. The molecule has 1 aliphatic carbocycles. The lowest BCUT2D eigenvalue weighted by Crippen LogP contribution is -2.43. The predicted octanol–water partition coefficient (Wildman–Crippen LogP) is 2.40. The summed E-state index contributed by atoms with van der Waals surface area (Å²) in [4.78, 5) is 26.0. The lowest BCUT2D eigenvalue weighted by atomic mass is 9.94. The van der Waals surface area contributed by atoms with Crippen molar-refractivity contribution in [2.45, 2.75) is 25.3 Å². The van der Waals surface area contributed by atoms with Crippen LogP contribution in [0, 0.1) is 11.8 Å². The Morgan fingerprint density at radius 2 is 2.00 bits per heavy atom. The van der Waals surface area contributed by atoms with Crippen molar-refractivity contribution >= 4 is 11.9 Å². The first-order chi connectivity index (χ1) is 11.6. The van der Waals surface area contributed by atoms with Gasteiger partial charge < -0.3 is 10.0 Å². The molecule has 2 aromatic rings. The van der Waals surface area contributed by atoms with Gasteiger partial charge in [-0.1, -0.05) is 36.8 Å². The van der Waals surface area contributed by atoms with Crippen molar-refractivity contribution in [2.75, 3.05) is 6.54 Å². The molecule has 2 heterocycles. The summed E-state index contributed by atoms with van der Waals surface area (Å²) in [5.41, 5.74) is 1.95. The number of nitrogens with zero attached hydrogens (tertiary/aromatic N) is 2. The first-order valence-corrected chi connectivity index (χ1v) is 8.30. The maximum absolute atomic E-state index is 12.8. The molecule has 3 atom stereocenters. The Morgan fingerprint density at radius 1 is 1.21 bits per heavy atom. The van der Waals surface area contributed by atoms with E-state index in [1.54, 1.807) is 6.07 Å². The number of likely N-dealkylation sites (tertiary alicyclic amines) is 1. The van der Waals surface area contributed by atoms with E-state index in [2.05, 4.69) is 10.2 Å². The number of amides is 1. The Morgan fingerprint density at radius 3 is 2.75 bits per heavy atom. The summed E-state index contributed by atoms with van der Waals surface area (Å²) >= 11 is 0. The second-order valence-corrected chi connectivity index (χ2v) is 6.63. The fourth-order valence-corrected chi connectivity index (χ4v) is 4.17. The summed E-state index contributed by atoms with van der Waals surface area (Å²) in [5.74, 6) is -0.776. The lowest BCUT2D eigenvalue weighted by Gasteiger charge is -2.23. The molecule has 1 saturated carbocycles. The van der Waals surface area contributed by atoms with Crippen molar-refractivity contribution in [3.05, 3.63) is 42.1 Å². The first-order valence-electron chi connectivity index (χ1n) is 8.30. The van der Waals surface area contributed by atoms with Crippen LogP contribution in [0.15, 0.2) is 36.4 Å². The van der Waals surface area contributed by atoms with Crippen LogP contribution < -0.4 is 0 Å². The minimum atomic E-state index is -0.902. The molecule has 2 aliphatic rings. The number of aromatic nitrogens is 2. The van der Waals surface area contributed by atoms with Crippen LogP contribution in [0.4, 0.5) is 0 Å². The van der Waals surface area contributed by atoms with E-state index in [-0.39, 0.29) is 11.8 Å². The third-order valence-electron chi connectivity index (χ3n) is 5.28. The molecule has 0 radical (unpaired) electrons. The van der Waals surface area contributed by atoms with Crippen molar-refractivity contribution in [2.24, 2.45) is 11.8 Å². The number of hydrogen-bond acceptors (Lipinski definition) is 3.